The number of carbonyl (C=O) groups excluding carboxylic acids is 1. The molecule has 0 N–H and O–H groups in total. The van der Waals surface area contributed by atoms with Crippen molar-refractivity contribution in [2.45, 2.75) is 0 Å². The molecule has 0 saturated carbocycles. The molecule has 18 heavy (non-hydrogen) atoms. The summed E-state index contributed by atoms with van der Waals surface area (Å²) in [5.74, 6) is -0.583. The second-order valence-corrected chi connectivity index (χ2v) is 3.16. The molecule has 0 fully saturated rings. The summed E-state index contributed by atoms with van der Waals surface area (Å²) in [6.07, 6.45) is 5.32. The maximum atomic E-state index is 11.8. The third-order valence-electron chi connectivity index (χ3n) is 2.06. The maximum Gasteiger partial charge on any atom is 0.372 e. The van der Waals surface area contributed by atoms with Crippen LogP contribution in [0.5, 0.6) is 0 Å². The van der Waals surface area contributed by atoms with Gasteiger partial charge in [0.1, 0.15) is 0 Å². The highest BCUT2D eigenvalue weighted by Gasteiger charge is 2.06. The van der Waals surface area contributed by atoms with Gasteiger partial charge in [0.2, 0.25) is 0 Å². The van der Waals surface area contributed by atoms with Crippen molar-refractivity contribution in [2.24, 2.45) is 0 Å². The standard InChI is InChI=1S/C10H9N5O3/c1-18-9(16)4-7-14-10(17)15(13-12-14)8-2-5-11-6-3-8/h2-7H,1H3/b7-4-. The van der Waals surface area contributed by atoms with E-state index < -0.39 is 11.7 Å². The molecular weight excluding hydrogens is 238 g/mol. The number of rotatable bonds is 3. The zero-order valence-electron chi connectivity index (χ0n) is 9.42. The zero-order valence-corrected chi connectivity index (χ0v) is 9.42. The van der Waals surface area contributed by atoms with Gasteiger partial charge in [-0.1, -0.05) is 0 Å². The molecule has 2 rings (SSSR count). The van der Waals surface area contributed by atoms with E-state index in [4.69, 9.17) is 0 Å². The van der Waals surface area contributed by atoms with Crippen molar-refractivity contribution in [3.05, 3.63) is 41.1 Å². The zero-order chi connectivity index (χ0) is 13.0. The average Bonchev–Trinajstić information content (AvgIpc) is 2.78. The van der Waals surface area contributed by atoms with E-state index in [1.807, 2.05) is 0 Å². The van der Waals surface area contributed by atoms with Crippen molar-refractivity contribution in [2.75, 3.05) is 7.11 Å². The number of pyridine rings is 1. The first kappa shape index (κ1) is 11.7. The Balaban J connectivity index is 2.33. The molecule has 0 amide bonds. The number of nitrogens with zero attached hydrogens (tertiary/aromatic N) is 5. The minimum atomic E-state index is -0.583. The molecule has 0 aromatic carbocycles. The molecule has 0 atom stereocenters. The molecule has 0 saturated heterocycles. The van der Waals surface area contributed by atoms with Crippen molar-refractivity contribution in [1.29, 1.82) is 0 Å². The molecule has 0 aliphatic carbocycles. The summed E-state index contributed by atoms with van der Waals surface area (Å²) in [6, 6.07) is 3.23. The Morgan fingerprint density at radius 1 is 1.33 bits per heavy atom. The van der Waals surface area contributed by atoms with Crippen LogP contribution in [0, 0.1) is 0 Å². The summed E-state index contributed by atoms with van der Waals surface area (Å²) in [6.45, 7) is 0. The van der Waals surface area contributed by atoms with Crippen LogP contribution in [0.4, 0.5) is 0 Å². The normalized spacial score (nSPS) is 10.7. The van der Waals surface area contributed by atoms with E-state index in [2.05, 4.69) is 20.1 Å². The number of hydrogen-bond acceptors (Lipinski definition) is 6. The molecule has 0 aliphatic heterocycles. The van der Waals surface area contributed by atoms with Crippen LogP contribution in [-0.4, -0.2) is 37.9 Å². The van der Waals surface area contributed by atoms with Crippen molar-refractivity contribution >= 4 is 12.2 Å². The molecule has 0 bridgehead atoms. The Hall–Kier alpha value is -2.77. The first-order chi connectivity index (χ1) is 8.72. The van der Waals surface area contributed by atoms with Crippen LogP contribution >= 0.6 is 0 Å². The van der Waals surface area contributed by atoms with Crippen molar-refractivity contribution in [1.82, 2.24) is 24.8 Å². The number of tetrazole rings is 1. The van der Waals surface area contributed by atoms with Gasteiger partial charge in [-0.05, 0) is 22.6 Å². The largest absolute Gasteiger partial charge is 0.466 e. The number of hydrogen-bond donors (Lipinski definition) is 0. The van der Waals surface area contributed by atoms with E-state index in [1.54, 1.807) is 12.1 Å². The van der Waals surface area contributed by atoms with E-state index >= 15 is 0 Å². The van der Waals surface area contributed by atoms with Gasteiger partial charge in [-0.3, -0.25) is 4.98 Å². The summed E-state index contributed by atoms with van der Waals surface area (Å²) in [5.41, 5.74) is 0.0362. The lowest BCUT2D eigenvalue weighted by molar-refractivity contribution is -0.134. The average molecular weight is 247 g/mol. The van der Waals surface area contributed by atoms with Crippen molar-refractivity contribution < 1.29 is 9.53 Å². The van der Waals surface area contributed by atoms with Gasteiger partial charge in [0, 0.05) is 24.7 Å². The minimum Gasteiger partial charge on any atom is -0.466 e. The second-order valence-electron chi connectivity index (χ2n) is 3.16. The van der Waals surface area contributed by atoms with E-state index in [-0.39, 0.29) is 0 Å². The Morgan fingerprint density at radius 2 is 2.06 bits per heavy atom. The predicted molar refractivity (Wildman–Crippen MR) is 60.8 cm³/mol. The first-order valence-electron chi connectivity index (χ1n) is 4.93. The van der Waals surface area contributed by atoms with Crippen molar-refractivity contribution in [3.63, 3.8) is 0 Å². The van der Waals surface area contributed by atoms with Gasteiger partial charge in [-0.15, -0.1) is 0 Å². The van der Waals surface area contributed by atoms with Crippen LogP contribution in [-0.2, 0) is 9.53 Å². The summed E-state index contributed by atoms with van der Waals surface area (Å²) in [5, 5.41) is 7.28. The molecule has 0 aliphatic rings. The van der Waals surface area contributed by atoms with Crippen LogP contribution in [0.25, 0.3) is 11.9 Å². The SMILES string of the molecule is COC(=O)/C=C\n1nnn(-c2ccncc2)c1=O. The number of esters is 1. The highest BCUT2D eigenvalue weighted by Crippen LogP contribution is 1.98. The molecular formula is C10H9N5O3. The topological polar surface area (TPSA) is 91.9 Å². The molecule has 0 spiro atoms. The third kappa shape index (κ3) is 2.32. The van der Waals surface area contributed by atoms with Gasteiger partial charge in [-0.25, -0.2) is 9.59 Å². The number of carbonyl (C=O) groups is 1. The van der Waals surface area contributed by atoms with Gasteiger partial charge in [0.05, 0.1) is 12.8 Å². The second kappa shape index (κ2) is 5.04. The predicted octanol–water partition coefficient (Wildman–Crippen LogP) is -0.532. The fourth-order valence-corrected chi connectivity index (χ4v) is 1.20. The molecule has 2 aromatic rings. The molecule has 0 unspecified atom stereocenters. The lowest BCUT2D eigenvalue weighted by Gasteiger charge is -1.94. The van der Waals surface area contributed by atoms with Crippen LogP contribution in [0.2, 0.25) is 0 Å². The fraction of sp³-hybridized carbons (Fsp3) is 0.100. The molecule has 0 radical (unpaired) electrons. The molecule has 2 aromatic heterocycles. The van der Waals surface area contributed by atoms with Crippen LogP contribution in [0.3, 0.4) is 0 Å². The fourth-order valence-electron chi connectivity index (χ4n) is 1.20. The Labute approximate surface area is 101 Å². The Bertz CT molecular complexity index is 628. The Morgan fingerprint density at radius 3 is 2.72 bits per heavy atom. The molecule has 8 heteroatoms. The summed E-state index contributed by atoms with van der Waals surface area (Å²) in [4.78, 5) is 26.6. The maximum absolute atomic E-state index is 11.8. The Kier molecular flexibility index (Phi) is 3.28. The number of methoxy groups -OCH3 is 1. The summed E-state index contributed by atoms with van der Waals surface area (Å²) in [7, 11) is 1.24. The lowest BCUT2D eigenvalue weighted by Crippen LogP contribution is -2.21. The van der Waals surface area contributed by atoms with Crippen LogP contribution < -0.4 is 5.69 Å². The smallest absolute Gasteiger partial charge is 0.372 e. The van der Waals surface area contributed by atoms with E-state index in [0.717, 1.165) is 15.4 Å². The highest BCUT2D eigenvalue weighted by molar-refractivity contribution is 5.84. The molecule has 8 nitrogen and oxygen atoms in total. The minimum absolute atomic E-state index is 0.499. The summed E-state index contributed by atoms with van der Waals surface area (Å²) < 4.78 is 6.41. The van der Waals surface area contributed by atoms with Gasteiger partial charge in [0.25, 0.3) is 0 Å². The highest BCUT2D eigenvalue weighted by atomic mass is 16.5. The first-order valence-corrected chi connectivity index (χ1v) is 4.93. The molecule has 2 heterocycles. The van der Waals surface area contributed by atoms with Crippen molar-refractivity contribution in [3.8, 4) is 5.69 Å². The van der Waals surface area contributed by atoms with E-state index in [9.17, 15) is 9.59 Å². The quantitative estimate of drug-likeness (QED) is 0.534. The third-order valence-corrected chi connectivity index (χ3v) is 2.06. The number of aromatic nitrogens is 5. The van der Waals surface area contributed by atoms with Gasteiger partial charge < -0.3 is 4.74 Å². The lowest BCUT2D eigenvalue weighted by atomic mass is 10.4. The summed E-state index contributed by atoms with van der Waals surface area (Å²) >= 11 is 0. The van der Waals surface area contributed by atoms with Crippen LogP contribution in [0.1, 0.15) is 0 Å². The molecule has 92 valence electrons. The van der Waals surface area contributed by atoms with E-state index in [0.29, 0.717) is 5.69 Å². The van der Waals surface area contributed by atoms with Crippen LogP contribution in [0.15, 0.2) is 35.4 Å². The van der Waals surface area contributed by atoms with Gasteiger partial charge in [-0.2, -0.15) is 9.36 Å². The van der Waals surface area contributed by atoms with E-state index in [1.165, 1.54) is 25.7 Å². The monoisotopic (exact) mass is 247 g/mol. The number of ether oxygens (including phenoxy) is 1. The van der Waals surface area contributed by atoms with Gasteiger partial charge >= 0.3 is 11.7 Å². The van der Waals surface area contributed by atoms with Gasteiger partial charge in [0.15, 0.2) is 0 Å².